The molecule has 1 saturated carbocycles. The summed E-state index contributed by atoms with van der Waals surface area (Å²) in [6, 6.07) is 12.7. The van der Waals surface area contributed by atoms with E-state index in [-0.39, 0.29) is 25.0 Å². The first-order valence-corrected chi connectivity index (χ1v) is 14.0. The number of methoxy groups -OCH3 is 1. The minimum Gasteiger partial charge on any atom is -0.496 e. The van der Waals surface area contributed by atoms with Gasteiger partial charge in [-0.05, 0) is 70.2 Å². The molecule has 212 valence electrons. The molecule has 1 aliphatic heterocycles. The molecular formula is C30H43N5O4. The predicted octanol–water partition coefficient (Wildman–Crippen LogP) is 3.86. The highest BCUT2D eigenvalue weighted by Crippen LogP contribution is 2.22. The van der Waals surface area contributed by atoms with Crippen molar-refractivity contribution >= 4 is 12.0 Å². The molecule has 0 unspecified atom stereocenters. The minimum absolute atomic E-state index is 0.0712. The van der Waals surface area contributed by atoms with Crippen LogP contribution in [-0.2, 0) is 29.2 Å². The first kappa shape index (κ1) is 28.8. The summed E-state index contributed by atoms with van der Waals surface area (Å²) >= 11 is 0. The zero-order valence-corrected chi connectivity index (χ0v) is 23.7. The fraction of sp³-hybridized carbons (Fsp3) is 0.567. The van der Waals surface area contributed by atoms with Gasteiger partial charge in [-0.25, -0.2) is 4.79 Å². The van der Waals surface area contributed by atoms with Crippen LogP contribution in [0.25, 0.3) is 0 Å². The van der Waals surface area contributed by atoms with Crippen molar-refractivity contribution in [3.63, 3.8) is 0 Å². The van der Waals surface area contributed by atoms with Gasteiger partial charge < -0.3 is 20.1 Å². The summed E-state index contributed by atoms with van der Waals surface area (Å²) in [4.78, 5) is 34.4. The maximum atomic E-state index is 13.1. The molecule has 2 aromatic rings. The van der Waals surface area contributed by atoms with Crippen LogP contribution in [0.1, 0.15) is 63.3 Å². The molecule has 2 amide bonds. The summed E-state index contributed by atoms with van der Waals surface area (Å²) in [5.41, 5.74) is 2.34. The molecular weight excluding hydrogens is 494 g/mol. The summed E-state index contributed by atoms with van der Waals surface area (Å²) in [5.74, 6) is 0.713. The van der Waals surface area contributed by atoms with E-state index in [9.17, 15) is 9.59 Å². The van der Waals surface area contributed by atoms with Gasteiger partial charge in [0.25, 0.3) is 0 Å². The van der Waals surface area contributed by atoms with E-state index in [1.54, 1.807) is 13.3 Å². The third kappa shape index (κ3) is 9.51. The number of para-hydroxylation sites is 1. The van der Waals surface area contributed by atoms with E-state index in [2.05, 4.69) is 26.6 Å². The second-order valence-electron chi connectivity index (χ2n) is 11.6. The Kier molecular flexibility index (Phi) is 9.80. The zero-order chi connectivity index (χ0) is 27.8. The van der Waals surface area contributed by atoms with Crippen molar-refractivity contribution in [3.8, 4) is 5.75 Å². The molecule has 1 aliphatic carbocycles. The van der Waals surface area contributed by atoms with Crippen LogP contribution in [-0.4, -0.2) is 71.2 Å². The number of piperidine rings is 1. The van der Waals surface area contributed by atoms with Crippen molar-refractivity contribution in [1.82, 2.24) is 25.4 Å². The molecule has 4 rings (SSSR count). The molecule has 1 aromatic carbocycles. The van der Waals surface area contributed by atoms with Crippen molar-refractivity contribution in [2.24, 2.45) is 0 Å². The summed E-state index contributed by atoms with van der Waals surface area (Å²) in [7, 11) is 1.69. The van der Waals surface area contributed by atoms with Gasteiger partial charge in [0.15, 0.2) is 0 Å². The van der Waals surface area contributed by atoms with Crippen LogP contribution in [0, 0.1) is 0 Å². The number of benzene rings is 1. The molecule has 0 atom stereocenters. The standard InChI is InChI=1S/C30H43N5O4/c1-30(2,3)39-29(37)35(20-26-17-22(11-14-31-26)18-32-24-9-10-24)21-28(36)33-25-12-15-34(16-13-25)19-23-7-5-6-8-27(23)38-4/h5-8,11,14,17,24-25,32H,9-10,12-13,15-16,18-21H2,1-4H3,(H,33,36). The molecule has 1 aromatic heterocycles. The first-order valence-electron chi connectivity index (χ1n) is 14.0. The molecule has 9 nitrogen and oxygen atoms in total. The maximum Gasteiger partial charge on any atom is 0.411 e. The Morgan fingerprint density at radius 1 is 1.08 bits per heavy atom. The number of pyridine rings is 1. The number of rotatable bonds is 11. The largest absolute Gasteiger partial charge is 0.496 e. The topological polar surface area (TPSA) is 96.0 Å². The van der Waals surface area contributed by atoms with Gasteiger partial charge in [0.2, 0.25) is 5.91 Å². The number of hydrogen-bond donors (Lipinski definition) is 2. The van der Waals surface area contributed by atoms with Crippen LogP contribution < -0.4 is 15.4 Å². The lowest BCUT2D eigenvalue weighted by molar-refractivity contribution is -0.123. The van der Waals surface area contributed by atoms with E-state index in [0.29, 0.717) is 6.04 Å². The predicted molar refractivity (Wildman–Crippen MR) is 150 cm³/mol. The van der Waals surface area contributed by atoms with Crippen molar-refractivity contribution in [1.29, 1.82) is 0 Å². The number of nitrogens with zero attached hydrogens (tertiary/aromatic N) is 3. The van der Waals surface area contributed by atoms with Crippen molar-refractivity contribution < 1.29 is 19.1 Å². The Morgan fingerprint density at radius 3 is 2.51 bits per heavy atom. The Hall–Kier alpha value is -3.17. The monoisotopic (exact) mass is 537 g/mol. The average Bonchev–Trinajstić information content (AvgIpc) is 3.72. The van der Waals surface area contributed by atoms with E-state index < -0.39 is 11.7 Å². The van der Waals surface area contributed by atoms with Gasteiger partial charge in [-0.3, -0.25) is 19.6 Å². The third-order valence-corrected chi connectivity index (χ3v) is 6.93. The van der Waals surface area contributed by atoms with E-state index in [1.165, 1.54) is 17.7 Å². The highest BCUT2D eigenvalue weighted by atomic mass is 16.6. The quantitative estimate of drug-likeness (QED) is 0.449. The first-order chi connectivity index (χ1) is 18.7. The number of carbonyl (C=O) groups is 2. The molecule has 0 radical (unpaired) electrons. The number of ether oxygens (including phenoxy) is 2. The van der Waals surface area contributed by atoms with Crippen molar-refractivity contribution in [3.05, 3.63) is 59.4 Å². The van der Waals surface area contributed by atoms with Gasteiger partial charge in [0.1, 0.15) is 17.9 Å². The summed E-state index contributed by atoms with van der Waals surface area (Å²) in [6.45, 7) is 8.94. The van der Waals surface area contributed by atoms with Crippen molar-refractivity contribution in [2.75, 3.05) is 26.7 Å². The minimum atomic E-state index is -0.663. The van der Waals surface area contributed by atoms with E-state index in [4.69, 9.17) is 9.47 Å². The van der Waals surface area contributed by atoms with Crippen LogP contribution in [0.2, 0.25) is 0 Å². The van der Waals surface area contributed by atoms with Crippen LogP contribution in [0.4, 0.5) is 4.79 Å². The third-order valence-electron chi connectivity index (χ3n) is 6.93. The highest BCUT2D eigenvalue weighted by Gasteiger charge is 2.27. The van der Waals surface area contributed by atoms with Gasteiger partial charge in [0.05, 0.1) is 19.3 Å². The molecule has 2 heterocycles. The normalized spacial score (nSPS) is 16.5. The molecule has 0 spiro atoms. The molecule has 2 aliphatic rings. The molecule has 2 fully saturated rings. The van der Waals surface area contributed by atoms with Crippen LogP contribution in [0.15, 0.2) is 42.6 Å². The summed E-state index contributed by atoms with van der Waals surface area (Å²) < 4.78 is 11.1. The molecule has 0 bridgehead atoms. The summed E-state index contributed by atoms with van der Waals surface area (Å²) in [5, 5.41) is 6.64. The molecule has 1 saturated heterocycles. The zero-order valence-electron chi connectivity index (χ0n) is 23.7. The average molecular weight is 538 g/mol. The van der Waals surface area contributed by atoms with E-state index in [1.807, 2.05) is 51.1 Å². The van der Waals surface area contributed by atoms with Gasteiger partial charge >= 0.3 is 6.09 Å². The molecule has 39 heavy (non-hydrogen) atoms. The van der Waals surface area contributed by atoms with Crippen LogP contribution >= 0.6 is 0 Å². The number of nitrogens with one attached hydrogen (secondary N) is 2. The highest BCUT2D eigenvalue weighted by molar-refractivity contribution is 5.82. The molecule has 9 heteroatoms. The summed E-state index contributed by atoms with van der Waals surface area (Å²) in [6.07, 6.45) is 5.38. The number of hydrogen-bond acceptors (Lipinski definition) is 7. The molecule has 2 N–H and O–H groups in total. The fourth-order valence-corrected chi connectivity index (χ4v) is 4.74. The van der Waals surface area contributed by atoms with Crippen molar-refractivity contribution in [2.45, 2.75) is 83.8 Å². The second kappa shape index (κ2) is 13.3. The Morgan fingerprint density at radius 2 is 1.82 bits per heavy atom. The van der Waals surface area contributed by atoms with Gasteiger partial charge in [0, 0.05) is 50.0 Å². The van der Waals surface area contributed by atoms with Crippen LogP contribution in [0.3, 0.4) is 0 Å². The maximum absolute atomic E-state index is 13.1. The number of amides is 2. The second-order valence-corrected chi connectivity index (χ2v) is 11.6. The van der Waals surface area contributed by atoms with E-state index in [0.717, 1.165) is 61.6 Å². The van der Waals surface area contributed by atoms with Gasteiger partial charge in [-0.15, -0.1) is 0 Å². The van der Waals surface area contributed by atoms with Gasteiger partial charge in [-0.2, -0.15) is 0 Å². The Bertz CT molecular complexity index is 1110. The number of aromatic nitrogens is 1. The lowest BCUT2D eigenvalue weighted by atomic mass is 10.0. The van der Waals surface area contributed by atoms with E-state index >= 15 is 0 Å². The number of carbonyl (C=O) groups excluding carboxylic acids is 2. The van der Waals surface area contributed by atoms with Gasteiger partial charge in [-0.1, -0.05) is 18.2 Å². The lowest BCUT2D eigenvalue weighted by Crippen LogP contribution is -2.48. The number of likely N-dealkylation sites (tertiary alicyclic amines) is 1. The fourth-order valence-electron chi connectivity index (χ4n) is 4.74. The Balaban J connectivity index is 1.31. The lowest BCUT2D eigenvalue weighted by Gasteiger charge is -2.33. The SMILES string of the molecule is COc1ccccc1CN1CCC(NC(=O)CN(Cc2cc(CNC3CC3)ccn2)C(=O)OC(C)(C)C)CC1. The Labute approximate surface area is 232 Å². The van der Waals surface area contributed by atoms with Crippen LogP contribution in [0.5, 0.6) is 5.75 Å². The smallest absolute Gasteiger partial charge is 0.411 e.